The van der Waals surface area contributed by atoms with Crippen LogP contribution in [0.4, 0.5) is 39.5 Å². The molecular formula is C36H55F9N6O2. The standard InChI is InChI=1S/C34H49F9N6O2.C2H6/c1-5-29(47(3)17-10-8-7-9-11-30(50)51-6-2)28-15-14-27(34(41,42)43)21-24(28)16-18-49(31(44)46-48(4)45)22-23-19-25(32(35,36)37)12-13-26(20-23)33(38,39)40;1-2/h14-15,19-21,25,29H,5-13,16-18,22,45H2,1-4H3,(H2,44,46);1-2H3. The summed E-state index contributed by atoms with van der Waals surface area (Å²) in [5.41, 5.74) is 4.62. The number of carbonyl (C=O) groups is 1. The van der Waals surface area contributed by atoms with Gasteiger partial charge < -0.3 is 15.4 Å². The molecule has 1 aromatic rings. The molecule has 17 heteroatoms. The number of hydrazine groups is 1. The molecule has 1 aromatic carbocycles. The first-order valence-corrected chi connectivity index (χ1v) is 17.9. The van der Waals surface area contributed by atoms with Crippen LogP contribution in [0.3, 0.4) is 0 Å². The number of carbonyl (C=O) groups excluding carboxylic acids is 1. The maximum absolute atomic E-state index is 13.9. The molecule has 2 unspecified atom stereocenters. The van der Waals surface area contributed by atoms with E-state index in [2.05, 4.69) is 5.10 Å². The predicted octanol–water partition coefficient (Wildman–Crippen LogP) is 8.90. The van der Waals surface area contributed by atoms with E-state index in [1.54, 1.807) is 6.92 Å². The van der Waals surface area contributed by atoms with E-state index in [4.69, 9.17) is 16.3 Å². The summed E-state index contributed by atoms with van der Waals surface area (Å²) >= 11 is 0. The quantitative estimate of drug-likeness (QED) is 0.0310. The van der Waals surface area contributed by atoms with Crippen molar-refractivity contribution in [2.45, 2.75) is 110 Å². The lowest BCUT2D eigenvalue weighted by atomic mass is 9.93. The van der Waals surface area contributed by atoms with Crippen molar-refractivity contribution < 1.29 is 49.0 Å². The van der Waals surface area contributed by atoms with Gasteiger partial charge in [-0.3, -0.25) is 9.69 Å². The number of nitrogens with zero attached hydrogens (tertiary/aromatic N) is 4. The minimum atomic E-state index is -4.88. The fourth-order valence-corrected chi connectivity index (χ4v) is 6.02. The van der Waals surface area contributed by atoms with Gasteiger partial charge in [-0.05, 0) is 93.9 Å². The van der Waals surface area contributed by atoms with Gasteiger partial charge in [0.25, 0.3) is 0 Å². The fourth-order valence-electron chi connectivity index (χ4n) is 6.02. The highest BCUT2D eigenvalue weighted by Crippen LogP contribution is 2.40. The highest BCUT2D eigenvalue weighted by Gasteiger charge is 2.42. The molecule has 0 saturated carbocycles. The van der Waals surface area contributed by atoms with E-state index in [9.17, 15) is 44.3 Å². The van der Waals surface area contributed by atoms with Crippen LogP contribution in [0.15, 0.2) is 46.6 Å². The number of nitrogens with two attached hydrogens (primary N) is 2. The number of ether oxygens (including phenoxy) is 1. The molecule has 0 aliphatic heterocycles. The Labute approximate surface area is 307 Å². The number of esters is 1. The number of hydrazone groups is 1. The largest absolute Gasteiger partial charge is 0.466 e. The van der Waals surface area contributed by atoms with Crippen LogP contribution >= 0.6 is 0 Å². The molecule has 0 spiro atoms. The molecule has 0 bridgehead atoms. The Balaban J connectivity index is 0.00000690. The number of benzene rings is 1. The minimum absolute atomic E-state index is 0.103. The molecule has 0 aromatic heterocycles. The Hall–Kier alpha value is -3.47. The van der Waals surface area contributed by atoms with Crippen LogP contribution < -0.4 is 11.6 Å². The van der Waals surface area contributed by atoms with E-state index in [1.807, 2.05) is 32.7 Å². The zero-order chi connectivity index (χ0) is 40.6. The maximum Gasteiger partial charge on any atom is 0.416 e. The SMILES string of the molecule is CC.CCOC(=O)CCCCCCN(C)C(CC)c1ccc(C(F)(F)F)cc1CCN(CC1=CC(C(F)(F)F)CCC(C(F)(F)F)=C1)/C(N)=N/N(C)N. The molecule has 53 heavy (non-hydrogen) atoms. The lowest BCUT2D eigenvalue weighted by Crippen LogP contribution is -2.42. The molecule has 2 atom stereocenters. The zero-order valence-corrected chi connectivity index (χ0v) is 31.4. The maximum atomic E-state index is 13.9. The third kappa shape index (κ3) is 16.6. The highest BCUT2D eigenvalue weighted by atomic mass is 19.4. The Morgan fingerprint density at radius 3 is 2.15 bits per heavy atom. The second-order valence-electron chi connectivity index (χ2n) is 12.6. The van der Waals surface area contributed by atoms with E-state index in [-0.39, 0.29) is 42.1 Å². The number of hydrogen-bond donors (Lipinski definition) is 2. The molecule has 2 rings (SSSR count). The topological polar surface area (TPSA) is 100 Å². The van der Waals surface area contributed by atoms with Gasteiger partial charge in [0.1, 0.15) is 0 Å². The number of guanidine groups is 1. The van der Waals surface area contributed by atoms with Gasteiger partial charge in [0.15, 0.2) is 0 Å². The van der Waals surface area contributed by atoms with Crippen LogP contribution in [0.25, 0.3) is 0 Å². The Kier molecular flexibility index (Phi) is 19.8. The van der Waals surface area contributed by atoms with Crippen molar-refractivity contribution in [1.82, 2.24) is 14.9 Å². The average molecular weight is 775 g/mol. The van der Waals surface area contributed by atoms with Crippen LogP contribution in [-0.2, 0) is 22.1 Å². The molecule has 8 nitrogen and oxygen atoms in total. The first kappa shape index (κ1) is 47.6. The van der Waals surface area contributed by atoms with Gasteiger partial charge in [-0.2, -0.15) is 39.5 Å². The summed E-state index contributed by atoms with van der Waals surface area (Å²) in [6, 6.07) is 3.08. The first-order chi connectivity index (χ1) is 24.7. The van der Waals surface area contributed by atoms with E-state index in [0.29, 0.717) is 44.1 Å². The van der Waals surface area contributed by atoms with E-state index >= 15 is 0 Å². The molecule has 0 amide bonds. The van der Waals surface area contributed by atoms with E-state index in [0.717, 1.165) is 42.6 Å². The van der Waals surface area contributed by atoms with Crippen molar-refractivity contribution in [1.29, 1.82) is 0 Å². The summed E-state index contributed by atoms with van der Waals surface area (Å²) in [6.07, 6.45) is -10.8. The summed E-state index contributed by atoms with van der Waals surface area (Å²) in [5, 5.41) is 4.67. The van der Waals surface area contributed by atoms with Crippen molar-refractivity contribution in [2.24, 2.45) is 22.6 Å². The van der Waals surface area contributed by atoms with Gasteiger partial charge in [-0.1, -0.05) is 45.8 Å². The second-order valence-corrected chi connectivity index (χ2v) is 12.6. The Morgan fingerprint density at radius 1 is 0.962 bits per heavy atom. The molecule has 0 heterocycles. The molecule has 1 aliphatic carbocycles. The molecule has 1 aliphatic rings. The second kappa shape index (κ2) is 22.0. The molecular weight excluding hydrogens is 719 g/mol. The third-order valence-corrected chi connectivity index (χ3v) is 8.59. The number of hydrogen-bond acceptors (Lipinski definition) is 6. The van der Waals surface area contributed by atoms with Gasteiger partial charge in [-0.25, -0.2) is 11.0 Å². The lowest BCUT2D eigenvalue weighted by molar-refractivity contribution is -0.163. The number of rotatable bonds is 17. The van der Waals surface area contributed by atoms with E-state index < -0.39 is 55.0 Å². The Bertz CT molecular complexity index is 1360. The van der Waals surface area contributed by atoms with Crippen LogP contribution in [0.2, 0.25) is 0 Å². The van der Waals surface area contributed by atoms with Gasteiger partial charge in [-0.15, -0.1) is 5.10 Å². The summed E-state index contributed by atoms with van der Waals surface area (Å²) in [6.45, 7) is 7.79. The smallest absolute Gasteiger partial charge is 0.416 e. The van der Waals surface area contributed by atoms with Gasteiger partial charge >= 0.3 is 24.5 Å². The summed E-state index contributed by atoms with van der Waals surface area (Å²) in [7, 11) is 3.15. The van der Waals surface area contributed by atoms with Gasteiger partial charge in [0.2, 0.25) is 5.96 Å². The number of alkyl halides is 9. The van der Waals surface area contributed by atoms with E-state index in [1.165, 1.54) is 18.0 Å². The summed E-state index contributed by atoms with van der Waals surface area (Å²) in [5.74, 6) is 2.83. The van der Waals surface area contributed by atoms with Crippen molar-refractivity contribution >= 4 is 11.9 Å². The summed E-state index contributed by atoms with van der Waals surface area (Å²) in [4.78, 5) is 14.8. The fraction of sp³-hybridized carbons (Fsp3) is 0.667. The molecule has 0 fully saturated rings. The van der Waals surface area contributed by atoms with Crippen LogP contribution in [-0.4, -0.2) is 79.5 Å². The van der Waals surface area contributed by atoms with Crippen molar-refractivity contribution in [2.75, 3.05) is 40.3 Å². The van der Waals surface area contributed by atoms with Crippen LogP contribution in [0, 0.1) is 5.92 Å². The lowest BCUT2D eigenvalue weighted by Gasteiger charge is -2.31. The number of unbranched alkanes of at least 4 members (excludes halogenated alkanes) is 3. The van der Waals surface area contributed by atoms with Crippen molar-refractivity contribution in [3.8, 4) is 0 Å². The molecule has 0 radical (unpaired) electrons. The Morgan fingerprint density at radius 2 is 1.60 bits per heavy atom. The first-order valence-electron chi connectivity index (χ1n) is 17.9. The molecule has 304 valence electrons. The normalized spacial score (nSPS) is 16.2. The van der Waals surface area contributed by atoms with Crippen LogP contribution in [0.5, 0.6) is 0 Å². The van der Waals surface area contributed by atoms with Gasteiger partial charge in [0, 0.05) is 38.2 Å². The van der Waals surface area contributed by atoms with Gasteiger partial charge in [0.05, 0.1) is 18.1 Å². The predicted molar refractivity (Wildman–Crippen MR) is 188 cm³/mol. The average Bonchev–Trinajstić information content (AvgIpc) is 3.29. The summed E-state index contributed by atoms with van der Waals surface area (Å²) < 4.78 is 129. The number of halogens is 9. The monoisotopic (exact) mass is 774 g/mol. The molecule has 0 saturated heterocycles. The number of allylic oxidation sites excluding steroid dienone is 2. The highest BCUT2D eigenvalue weighted by molar-refractivity contribution is 5.78. The minimum Gasteiger partial charge on any atom is -0.466 e. The third-order valence-electron chi connectivity index (χ3n) is 8.59. The zero-order valence-electron chi connectivity index (χ0n) is 31.4. The van der Waals surface area contributed by atoms with Crippen molar-refractivity contribution in [3.63, 3.8) is 0 Å². The van der Waals surface area contributed by atoms with Crippen LogP contribution in [0.1, 0.15) is 102 Å². The van der Waals surface area contributed by atoms with Crippen molar-refractivity contribution in [3.05, 3.63) is 58.2 Å². The molecule has 4 N–H and O–H groups in total.